The maximum Gasteiger partial charge on any atom is 0.317 e. The number of carbonyl (C=O) groups excluding carboxylic acids is 1. The van der Waals surface area contributed by atoms with Crippen molar-refractivity contribution in [3.63, 3.8) is 0 Å². The minimum atomic E-state index is -0.106. The van der Waals surface area contributed by atoms with Crippen LogP contribution >= 0.6 is 0 Å². The van der Waals surface area contributed by atoms with E-state index in [-0.39, 0.29) is 12.1 Å². The first kappa shape index (κ1) is 16.8. The molecule has 5 nitrogen and oxygen atoms in total. The SMILES string of the molecule is COc1cccc(CCNC(=O)N(C)C(C)c2ccccn2)c1. The van der Waals surface area contributed by atoms with Crippen LogP contribution in [0.5, 0.6) is 5.75 Å². The van der Waals surface area contributed by atoms with Crippen molar-refractivity contribution >= 4 is 6.03 Å². The zero-order valence-corrected chi connectivity index (χ0v) is 13.8. The molecule has 0 saturated heterocycles. The van der Waals surface area contributed by atoms with Gasteiger partial charge in [0.2, 0.25) is 0 Å². The van der Waals surface area contributed by atoms with Crippen molar-refractivity contribution < 1.29 is 9.53 Å². The molecule has 0 radical (unpaired) electrons. The van der Waals surface area contributed by atoms with Gasteiger partial charge in [-0.1, -0.05) is 18.2 Å². The number of urea groups is 1. The highest BCUT2D eigenvalue weighted by atomic mass is 16.5. The molecule has 2 aromatic rings. The number of nitrogens with one attached hydrogen (secondary N) is 1. The number of nitrogens with zero attached hydrogens (tertiary/aromatic N) is 2. The average molecular weight is 313 g/mol. The van der Waals surface area contributed by atoms with Crippen LogP contribution in [-0.4, -0.2) is 36.6 Å². The van der Waals surface area contributed by atoms with E-state index in [0.717, 1.165) is 23.4 Å². The van der Waals surface area contributed by atoms with E-state index in [1.54, 1.807) is 25.3 Å². The summed E-state index contributed by atoms with van der Waals surface area (Å²) in [5.41, 5.74) is 2.00. The van der Waals surface area contributed by atoms with Crippen molar-refractivity contribution in [3.8, 4) is 5.75 Å². The van der Waals surface area contributed by atoms with Gasteiger partial charge >= 0.3 is 6.03 Å². The Bertz CT molecular complexity index is 631. The standard InChI is InChI=1S/C18H23N3O2/c1-14(17-9-4-5-11-19-17)21(2)18(22)20-12-10-15-7-6-8-16(13-15)23-3/h4-9,11,13-14H,10,12H2,1-3H3,(H,20,22). The van der Waals surface area contributed by atoms with Crippen LogP contribution in [0.15, 0.2) is 48.7 Å². The summed E-state index contributed by atoms with van der Waals surface area (Å²) in [4.78, 5) is 18.2. The molecule has 122 valence electrons. The number of rotatable bonds is 6. The molecule has 0 saturated carbocycles. The number of hydrogen-bond acceptors (Lipinski definition) is 3. The minimum absolute atomic E-state index is 0.0759. The minimum Gasteiger partial charge on any atom is -0.497 e. The van der Waals surface area contributed by atoms with E-state index in [4.69, 9.17) is 4.74 Å². The molecule has 1 heterocycles. The van der Waals surface area contributed by atoms with Crippen molar-refractivity contribution in [2.45, 2.75) is 19.4 Å². The van der Waals surface area contributed by atoms with E-state index >= 15 is 0 Å². The summed E-state index contributed by atoms with van der Waals surface area (Å²) < 4.78 is 5.20. The lowest BCUT2D eigenvalue weighted by Gasteiger charge is -2.24. The number of amides is 2. The average Bonchev–Trinajstić information content (AvgIpc) is 2.61. The second-order valence-corrected chi connectivity index (χ2v) is 5.37. The van der Waals surface area contributed by atoms with E-state index in [9.17, 15) is 4.79 Å². The molecule has 5 heteroatoms. The number of benzene rings is 1. The van der Waals surface area contributed by atoms with Crippen LogP contribution in [0.25, 0.3) is 0 Å². The topological polar surface area (TPSA) is 54.5 Å². The predicted molar refractivity (Wildman–Crippen MR) is 90.5 cm³/mol. The first-order valence-electron chi connectivity index (χ1n) is 7.66. The Morgan fingerprint density at radius 1 is 1.30 bits per heavy atom. The van der Waals surface area contributed by atoms with Gasteiger partial charge in [0.1, 0.15) is 5.75 Å². The number of aromatic nitrogens is 1. The molecular weight excluding hydrogens is 290 g/mol. The summed E-state index contributed by atoms with van der Waals surface area (Å²) in [5, 5.41) is 2.94. The molecule has 23 heavy (non-hydrogen) atoms. The monoisotopic (exact) mass is 313 g/mol. The maximum atomic E-state index is 12.2. The zero-order valence-electron chi connectivity index (χ0n) is 13.8. The van der Waals surface area contributed by atoms with Crippen LogP contribution in [0, 0.1) is 0 Å². The number of pyridine rings is 1. The Labute approximate surface area is 137 Å². The Kier molecular flexibility index (Phi) is 5.97. The molecule has 0 fully saturated rings. The molecule has 1 N–H and O–H groups in total. The largest absolute Gasteiger partial charge is 0.497 e. The molecule has 0 aliphatic rings. The van der Waals surface area contributed by atoms with Gasteiger partial charge in [-0.15, -0.1) is 0 Å². The Hall–Kier alpha value is -2.56. The van der Waals surface area contributed by atoms with Crippen molar-refractivity contribution in [1.29, 1.82) is 0 Å². The number of carbonyl (C=O) groups is 1. The van der Waals surface area contributed by atoms with E-state index in [1.165, 1.54) is 0 Å². The van der Waals surface area contributed by atoms with Crippen molar-refractivity contribution in [3.05, 3.63) is 59.9 Å². The summed E-state index contributed by atoms with van der Waals surface area (Å²) in [5.74, 6) is 0.828. The summed E-state index contributed by atoms with van der Waals surface area (Å²) in [7, 11) is 3.43. The first-order valence-corrected chi connectivity index (χ1v) is 7.66. The fourth-order valence-corrected chi connectivity index (χ4v) is 2.26. The third-order valence-electron chi connectivity index (χ3n) is 3.84. The fraction of sp³-hybridized carbons (Fsp3) is 0.333. The summed E-state index contributed by atoms with van der Waals surface area (Å²) in [6.45, 7) is 2.54. The Morgan fingerprint density at radius 3 is 2.83 bits per heavy atom. The number of hydrogen-bond donors (Lipinski definition) is 1. The molecule has 1 aromatic heterocycles. The first-order chi connectivity index (χ1) is 11.1. The molecule has 2 amide bonds. The van der Waals surface area contributed by atoms with Crippen LogP contribution < -0.4 is 10.1 Å². The zero-order chi connectivity index (χ0) is 16.7. The van der Waals surface area contributed by atoms with Gasteiger partial charge in [0.25, 0.3) is 0 Å². The highest BCUT2D eigenvalue weighted by Crippen LogP contribution is 2.16. The van der Waals surface area contributed by atoms with Crippen LogP contribution in [-0.2, 0) is 6.42 Å². The Morgan fingerprint density at radius 2 is 2.13 bits per heavy atom. The van der Waals surface area contributed by atoms with Crippen molar-refractivity contribution in [2.24, 2.45) is 0 Å². The van der Waals surface area contributed by atoms with E-state index in [2.05, 4.69) is 10.3 Å². The maximum absolute atomic E-state index is 12.2. The predicted octanol–water partition coefficient (Wildman–Crippen LogP) is 3.04. The highest BCUT2D eigenvalue weighted by Gasteiger charge is 2.17. The third-order valence-corrected chi connectivity index (χ3v) is 3.84. The second-order valence-electron chi connectivity index (χ2n) is 5.37. The van der Waals surface area contributed by atoms with Crippen LogP contribution in [0.4, 0.5) is 4.79 Å². The number of ether oxygens (including phenoxy) is 1. The Balaban J connectivity index is 1.84. The molecular formula is C18H23N3O2. The van der Waals surface area contributed by atoms with Gasteiger partial charge in [-0.05, 0) is 43.2 Å². The van der Waals surface area contributed by atoms with Gasteiger partial charge in [-0.3, -0.25) is 4.98 Å². The van der Waals surface area contributed by atoms with Gasteiger partial charge in [-0.25, -0.2) is 4.79 Å². The van der Waals surface area contributed by atoms with Crippen LogP contribution in [0.2, 0.25) is 0 Å². The van der Waals surface area contributed by atoms with Gasteiger partial charge < -0.3 is 15.0 Å². The second kappa shape index (κ2) is 8.17. The normalized spacial score (nSPS) is 11.6. The van der Waals surface area contributed by atoms with Gasteiger partial charge in [0, 0.05) is 19.8 Å². The summed E-state index contributed by atoms with van der Waals surface area (Å²) >= 11 is 0. The van der Waals surface area contributed by atoms with Crippen LogP contribution in [0.1, 0.15) is 24.2 Å². The molecule has 1 aromatic carbocycles. The highest BCUT2D eigenvalue weighted by molar-refractivity contribution is 5.74. The van der Waals surface area contributed by atoms with Gasteiger partial charge in [0.15, 0.2) is 0 Å². The quantitative estimate of drug-likeness (QED) is 0.892. The van der Waals surface area contributed by atoms with E-state index < -0.39 is 0 Å². The van der Waals surface area contributed by atoms with Gasteiger partial charge in [-0.2, -0.15) is 0 Å². The third kappa shape index (κ3) is 4.71. The number of methoxy groups -OCH3 is 1. The fourth-order valence-electron chi connectivity index (χ4n) is 2.26. The van der Waals surface area contributed by atoms with E-state index in [0.29, 0.717) is 6.54 Å². The summed E-state index contributed by atoms with van der Waals surface area (Å²) in [6, 6.07) is 13.4. The molecule has 1 unspecified atom stereocenters. The smallest absolute Gasteiger partial charge is 0.317 e. The lowest BCUT2D eigenvalue weighted by atomic mass is 10.1. The van der Waals surface area contributed by atoms with Crippen molar-refractivity contribution in [1.82, 2.24) is 15.2 Å². The molecule has 0 aliphatic heterocycles. The molecule has 2 rings (SSSR count). The molecule has 0 bridgehead atoms. The van der Waals surface area contributed by atoms with E-state index in [1.807, 2.05) is 49.4 Å². The summed E-state index contributed by atoms with van der Waals surface area (Å²) in [6.07, 6.45) is 2.50. The van der Waals surface area contributed by atoms with Gasteiger partial charge in [0.05, 0.1) is 18.8 Å². The lowest BCUT2D eigenvalue weighted by molar-refractivity contribution is 0.193. The van der Waals surface area contributed by atoms with Crippen molar-refractivity contribution in [2.75, 3.05) is 20.7 Å². The van der Waals surface area contributed by atoms with Crippen LogP contribution in [0.3, 0.4) is 0 Å². The molecule has 1 atom stereocenters. The lowest BCUT2D eigenvalue weighted by Crippen LogP contribution is -2.39. The molecule has 0 aliphatic carbocycles. The molecule has 0 spiro atoms.